The van der Waals surface area contributed by atoms with Crippen molar-refractivity contribution in [3.8, 4) is 5.75 Å². The standard InChI is InChI=1S/C18H26F2O.C8H8F2/c1-3-5-13-6-8-14(9-7-13)15-10-11-16(21-12-4-2)18(20)17(15)19;1-5-3-4-6(2)8(10)7(5)9/h10-11,13-14H,3-9,12H2,1-2H3;3-4H,1-2H3. The Kier molecular flexibility index (Phi) is 9.86. The number of benzene rings is 2. The van der Waals surface area contributed by atoms with Crippen molar-refractivity contribution in [2.75, 3.05) is 6.61 Å². The van der Waals surface area contributed by atoms with Crippen LogP contribution in [-0.4, -0.2) is 6.61 Å². The minimum Gasteiger partial charge on any atom is -0.490 e. The maximum Gasteiger partial charge on any atom is 0.200 e. The SMILES string of the molecule is CCCOc1ccc(C2CCC(CCC)CC2)c(F)c1F.Cc1ccc(C)c(F)c1F. The van der Waals surface area contributed by atoms with Gasteiger partial charge in [0.15, 0.2) is 23.2 Å². The van der Waals surface area contributed by atoms with Gasteiger partial charge >= 0.3 is 0 Å². The predicted octanol–water partition coefficient (Wildman–Crippen LogP) is 8.41. The zero-order valence-electron chi connectivity index (χ0n) is 19.0. The third kappa shape index (κ3) is 6.72. The second-order valence-electron chi connectivity index (χ2n) is 8.46. The smallest absolute Gasteiger partial charge is 0.200 e. The molecule has 0 bridgehead atoms. The summed E-state index contributed by atoms with van der Waals surface area (Å²) in [6.07, 6.45) is 7.45. The lowest BCUT2D eigenvalue weighted by molar-refractivity contribution is 0.287. The molecular weight excluding hydrogens is 404 g/mol. The highest BCUT2D eigenvalue weighted by Gasteiger charge is 2.26. The van der Waals surface area contributed by atoms with Crippen LogP contribution in [0.4, 0.5) is 17.6 Å². The molecular formula is C26H34F4O. The van der Waals surface area contributed by atoms with Crippen LogP contribution in [0.2, 0.25) is 0 Å². The maximum absolute atomic E-state index is 14.3. The Bertz CT molecular complexity index is 815. The second kappa shape index (κ2) is 12.1. The number of halogens is 4. The second-order valence-corrected chi connectivity index (χ2v) is 8.46. The fourth-order valence-corrected chi connectivity index (χ4v) is 4.10. The molecule has 5 heteroatoms. The Morgan fingerprint density at radius 3 is 1.84 bits per heavy atom. The number of ether oxygens (including phenoxy) is 1. The van der Waals surface area contributed by atoms with Crippen LogP contribution < -0.4 is 4.74 Å². The van der Waals surface area contributed by atoms with Gasteiger partial charge in [-0.05, 0) is 80.5 Å². The molecule has 172 valence electrons. The molecule has 31 heavy (non-hydrogen) atoms. The largest absolute Gasteiger partial charge is 0.490 e. The number of hydrogen-bond acceptors (Lipinski definition) is 1. The molecule has 0 aromatic heterocycles. The van der Waals surface area contributed by atoms with Crippen molar-refractivity contribution in [2.45, 2.75) is 78.6 Å². The number of aryl methyl sites for hydroxylation is 2. The molecule has 2 aromatic rings. The van der Waals surface area contributed by atoms with Crippen LogP contribution in [0.5, 0.6) is 5.75 Å². The monoisotopic (exact) mass is 438 g/mol. The van der Waals surface area contributed by atoms with Crippen LogP contribution in [0.25, 0.3) is 0 Å². The quantitative estimate of drug-likeness (QED) is 0.411. The van der Waals surface area contributed by atoms with Gasteiger partial charge in [0.2, 0.25) is 5.82 Å². The minimum absolute atomic E-state index is 0.0396. The molecule has 1 nitrogen and oxygen atoms in total. The molecule has 3 rings (SSSR count). The molecule has 1 saturated carbocycles. The molecule has 2 aromatic carbocycles. The predicted molar refractivity (Wildman–Crippen MR) is 118 cm³/mol. The van der Waals surface area contributed by atoms with Gasteiger partial charge in [0.25, 0.3) is 0 Å². The lowest BCUT2D eigenvalue weighted by Crippen LogP contribution is -2.15. The summed E-state index contributed by atoms with van der Waals surface area (Å²) in [5.41, 5.74) is 1.23. The lowest BCUT2D eigenvalue weighted by Gasteiger charge is -2.29. The molecule has 0 unspecified atom stereocenters. The first kappa shape index (κ1) is 25.2. The average Bonchev–Trinajstić information content (AvgIpc) is 2.77. The Morgan fingerprint density at radius 1 is 0.742 bits per heavy atom. The molecule has 0 saturated heterocycles. The van der Waals surface area contributed by atoms with Crippen LogP contribution >= 0.6 is 0 Å². The van der Waals surface area contributed by atoms with E-state index in [1.54, 1.807) is 24.3 Å². The van der Waals surface area contributed by atoms with E-state index in [0.29, 0.717) is 23.3 Å². The van der Waals surface area contributed by atoms with E-state index in [2.05, 4.69) is 6.92 Å². The maximum atomic E-state index is 14.3. The fourth-order valence-electron chi connectivity index (χ4n) is 4.10. The third-order valence-electron chi connectivity index (χ3n) is 5.99. The Hall–Kier alpha value is -2.04. The van der Waals surface area contributed by atoms with Crippen molar-refractivity contribution in [1.82, 2.24) is 0 Å². The molecule has 0 atom stereocenters. The zero-order chi connectivity index (χ0) is 23.0. The summed E-state index contributed by atoms with van der Waals surface area (Å²) in [5.74, 6) is -2.03. The highest BCUT2D eigenvalue weighted by atomic mass is 19.2. The van der Waals surface area contributed by atoms with Gasteiger partial charge in [-0.1, -0.05) is 44.9 Å². The molecule has 1 fully saturated rings. The molecule has 0 aliphatic heterocycles. The lowest BCUT2D eigenvalue weighted by atomic mass is 9.77. The molecule has 0 N–H and O–H groups in total. The van der Waals surface area contributed by atoms with Crippen LogP contribution in [0.15, 0.2) is 24.3 Å². The van der Waals surface area contributed by atoms with Crippen LogP contribution in [-0.2, 0) is 0 Å². The van der Waals surface area contributed by atoms with E-state index in [9.17, 15) is 17.6 Å². The van der Waals surface area contributed by atoms with Crippen molar-refractivity contribution in [2.24, 2.45) is 5.92 Å². The fraction of sp³-hybridized carbons (Fsp3) is 0.538. The first-order chi connectivity index (χ1) is 14.8. The van der Waals surface area contributed by atoms with Crippen molar-refractivity contribution in [3.05, 3.63) is 64.2 Å². The number of hydrogen-bond donors (Lipinski definition) is 0. The van der Waals surface area contributed by atoms with E-state index in [4.69, 9.17) is 4.74 Å². The molecule has 1 aliphatic rings. The van der Waals surface area contributed by atoms with Crippen molar-refractivity contribution in [1.29, 1.82) is 0 Å². The highest BCUT2D eigenvalue weighted by Crippen LogP contribution is 2.39. The summed E-state index contributed by atoms with van der Waals surface area (Å²) in [6, 6.07) is 6.43. The first-order valence-electron chi connectivity index (χ1n) is 11.3. The van der Waals surface area contributed by atoms with Gasteiger partial charge < -0.3 is 4.74 Å². The summed E-state index contributed by atoms with van der Waals surface area (Å²) in [5, 5.41) is 0. The van der Waals surface area contributed by atoms with Gasteiger partial charge in [-0.25, -0.2) is 13.2 Å². The zero-order valence-corrected chi connectivity index (χ0v) is 19.0. The molecule has 0 amide bonds. The first-order valence-corrected chi connectivity index (χ1v) is 11.3. The van der Waals surface area contributed by atoms with Crippen molar-refractivity contribution in [3.63, 3.8) is 0 Å². The van der Waals surface area contributed by atoms with Crippen LogP contribution in [0.1, 0.15) is 81.4 Å². The van der Waals surface area contributed by atoms with Gasteiger partial charge in [-0.15, -0.1) is 0 Å². The average molecular weight is 439 g/mol. The summed E-state index contributed by atoms with van der Waals surface area (Å²) >= 11 is 0. The summed E-state index contributed by atoms with van der Waals surface area (Å²) in [7, 11) is 0. The van der Waals surface area contributed by atoms with Gasteiger partial charge in [-0.3, -0.25) is 0 Å². The van der Waals surface area contributed by atoms with Crippen molar-refractivity contribution < 1.29 is 22.3 Å². The number of rotatable bonds is 6. The molecule has 0 heterocycles. The topological polar surface area (TPSA) is 9.23 Å². The normalized spacial score (nSPS) is 18.3. The van der Waals surface area contributed by atoms with E-state index in [0.717, 1.165) is 38.0 Å². The third-order valence-corrected chi connectivity index (χ3v) is 5.99. The van der Waals surface area contributed by atoms with E-state index in [1.807, 2.05) is 6.92 Å². The van der Waals surface area contributed by atoms with E-state index < -0.39 is 23.3 Å². The highest BCUT2D eigenvalue weighted by molar-refractivity contribution is 5.33. The van der Waals surface area contributed by atoms with Crippen molar-refractivity contribution >= 4 is 0 Å². The van der Waals surface area contributed by atoms with Gasteiger partial charge in [0.1, 0.15) is 0 Å². The van der Waals surface area contributed by atoms with Crippen LogP contribution in [0, 0.1) is 43.0 Å². The van der Waals surface area contributed by atoms with E-state index in [-0.39, 0.29) is 11.7 Å². The Balaban J connectivity index is 0.000000285. The van der Waals surface area contributed by atoms with Gasteiger partial charge in [0.05, 0.1) is 6.61 Å². The Labute approximate surface area is 183 Å². The summed E-state index contributed by atoms with van der Waals surface area (Å²) in [4.78, 5) is 0. The van der Waals surface area contributed by atoms with Gasteiger partial charge in [-0.2, -0.15) is 4.39 Å². The summed E-state index contributed by atoms with van der Waals surface area (Å²) < 4.78 is 58.8. The van der Waals surface area contributed by atoms with Gasteiger partial charge in [0, 0.05) is 0 Å². The van der Waals surface area contributed by atoms with E-state index >= 15 is 0 Å². The van der Waals surface area contributed by atoms with Crippen LogP contribution in [0.3, 0.4) is 0 Å². The molecule has 0 spiro atoms. The Morgan fingerprint density at radius 2 is 1.32 bits per heavy atom. The summed E-state index contributed by atoms with van der Waals surface area (Å²) in [6.45, 7) is 7.64. The molecule has 0 radical (unpaired) electrons. The van der Waals surface area contributed by atoms with E-state index in [1.165, 1.54) is 26.7 Å². The minimum atomic E-state index is -0.823. The molecule has 1 aliphatic carbocycles.